The Morgan fingerprint density at radius 2 is 1.45 bits per heavy atom. The SMILES string of the molecule is CC(C)(C)OC(=O)N1CCC(N2CC(N3CCC(n4c(=O)n(-c5ccc(Oc6ccccc6)cc5)c5c(N)ncnc54)CC3)C2)CC1. The maximum Gasteiger partial charge on any atom is 0.410 e. The standard InChI is InChI=1S/C35H44N8O4/c1-35(2,3)47-34(45)40-19-13-24(14-20-40)41-21-27(22-41)39-17-15-26(16-18-39)43-32-30(31(36)37-23-38-32)42(33(43)44)25-9-11-29(12-10-25)46-28-7-5-4-6-8-28/h4-12,23-24,26-27H,13-22H2,1-3H3,(H2,36,37,38). The summed E-state index contributed by atoms with van der Waals surface area (Å²) in [6.45, 7) is 11.2. The molecule has 0 saturated carbocycles. The predicted molar refractivity (Wildman–Crippen MR) is 180 cm³/mol. The minimum atomic E-state index is -0.469. The van der Waals surface area contributed by atoms with E-state index in [0.29, 0.717) is 34.7 Å². The zero-order chi connectivity index (χ0) is 32.7. The van der Waals surface area contributed by atoms with E-state index in [4.69, 9.17) is 15.2 Å². The molecule has 1 amide bonds. The number of rotatable bonds is 6. The molecule has 3 saturated heterocycles. The third kappa shape index (κ3) is 6.44. The lowest BCUT2D eigenvalue weighted by atomic mass is 9.94. The molecule has 0 bridgehead atoms. The number of benzene rings is 2. The van der Waals surface area contributed by atoms with Crippen LogP contribution >= 0.6 is 0 Å². The second kappa shape index (κ2) is 12.6. The molecule has 0 atom stereocenters. The van der Waals surface area contributed by atoms with Crippen molar-refractivity contribution in [2.24, 2.45) is 0 Å². The van der Waals surface area contributed by atoms with Crippen molar-refractivity contribution in [3.8, 4) is 17.2 Å². The lowest BCUT2D eigenvalue weighted by Crippen LogP contribution is -2.64. The van der Waals surface area contributed by atoms with Gasteiger partial charge in [0.1, 0.15) is 28.9 Å². The third-order valence-electron chi connectivity index (χ3n) is 9.66. The number of para-hydroxylation sites is 1. The van der Waals surface area contributed by atoms with Crippen molar-refractivity contribution in [1.82, 2.24) is 33.8 Å². The minimum absolute atomic E-state index is 0.0193. The van der Waals surface area contributed by atoms with Crippen LogP contribution in [0.4, 0.5) is 10.6 Å². The Labute approximate surface area is 274 Å². The molecule has 0 unspecified atom stereocenters. The first kappa shape index (κ1) is 31.2. The number of fused-ring (bicyclic) bond motifs is 1. The Balaban J connectivity index is 0.982. The van der Waals surface area contributed by atoms with E-state index in [-0.39, 0.29) is 23.6 Å². The predicted octanol–water partition coefficient (Wildman–Crippen LogP) is 4.68. The van der Waals surface area contributed by atoms with E-state index in [9.17, 15) is 9.59 Å². The zero-order valence-corrected chi connectivity index (χ0v) is 27.4. The van der Waals surface area contributed by atoms with Gasteiger partial charge in [-0.3, -0.25) is 18.9 Å². The fourth-order valence-electron chi connectivity index (χ4n) is 7.19. The van der Waals surface area contributed by atoms with Gasteiger partial charge < -0.3 is 20.1 Å². The van der Waals surface area contributed by atoms with E-state index in [2.05, 4.69) is 19.8 Å². The van der Waals surface area contributed by atoms with E-state index < -0.39 is 5.60 Å². The Morgan fingerprint density at radius 1 is 0.809 bits per heavy atom. The Hall–Kier alpha value is -4.42. The van der Waals surface area contributed by atoms with Gasteiger partial charge in [0.2, 0.25) is 0 Å². The van der Waals surface area contributed by atoms with Crippen molar-refractivity contribution in [2.45, 2.75) is 70.2 Å². The summed E-state index contributed by atoms with van der Waals surface area (Å²) in [7, 11) is 0. The summed E-state index contributed by atoms with van der Waals surface area (Å²) < 4.78 is 15.0. The number of ether oxygens (including phenoxy) is 2. The molecular formula is C35H44N8O4. The van der Waals surface area contributed by atoms with Crippen molar-refractivity contribution in [2.75, 3.05) is 45.0 Å². The Kier molecular flexibility index (Phi) is 8.39. The smallest absolute Gasteiger partial charge is 0.410 e. The summed E-state index contributed by atoms with van der Waals surface area (Å²) in [5.74, 6) is 1.70. The first-order valence-electron chi connectivity index (χ1n) is 16.7. The largest absolute Gasteiger partial charge is 0.457 e. The van der Waals surface area contributed by atoms with Crippen LogP contribution in [0.25, 0.3) is 16.9 Å². The Morgan fingerprint density at radius 3 is 2.11 bits per heavy atom. The molecule has 47 heavy (non-hydrogen) atoms. The zero-order valence-electron chi connectivity index (χ0n) is 27.4. The summed E-state index contributed by atoms with van der Waals surface area (Å²) in [6.07, 6.45) is 4.91. The summed E-state index contributed by atoms with van der Waals surface area (Å²) in [5.41, 5.74) is 7.52. The maximum atomic E-state index is 14.1. The Bertz CT molecular complexity index is 1760. The number of hydrogen-bond acceptors (Lipinski definition) is 9. The third-order valence-corrected chi connectivity index (χ3v) is 9.66. The average Bonchev–Trinajstić information content (AvgIpc) is 3.34. The molecule has 3 fully saturated rings. The number of amides is 1. The first-order chi connectivity index (χ1) is 22.6. The summed E-state index contributed by atoms with van der Waals surface area (Å²) in [5, 5.41) is 0. The number of carbonyl (C=O) groups excluding carboxylic acids is 1. The second-order valence-corrected chi connectivity index (χ2v) is 13.9. The lowest BCUT2D eigenvalue weighted by Gasteiger charge is -2.51. The molecule has 0 aliphatic carbocycles. The van der Waals surface area contributed by atoms with Gasteiger partial charge in [-0.2, -0.15) is 0 Å². The molecule has 0 radical (unpaired) electrons. The number of likely N-dealkylation sites (tertiary alicyclic amines) is 3. The van der Waals surface area contributed by atoms with Crippen molar-refractivity contribution < 1.29 is 14.3 Å². The molecule has 2 aromatic heterocycles. The fourth-order valence-corrected chi connectivity index (χ4v) is 7.19. The van der Waals surface area contributed by atoms with Gasteiger partial charge in [-0.25, -0.2) is 19.6 Å². The molecule has 248 valence electrons. The van der Waals surface area contributed by atoms with Crippen LogP contribution in [0, 0.1) is 0 Å². The number of hydrogen-bond donors (Lipinski definition) is 1. The molecular weight excluding hydrogens is 596 g/mol. The monoisotopic (exact) mass is 640 g/mol. The van der Waals surface area contributed by atoms with Crippen LogP contribution in [-0.4, -0.2) is 96.8 Å². The molecule has 0 spiro atoms. The number of nitrogens with zero attached hydrogens (tertiary/aromatic N) is 7. The minimum Gasteiger partial charge on any atom is -0.457 e. The first-order valence-corrected chi connectivity index (χ1v) is 16.7. The fraction of sp³-hybridized carbons (Fsp3) is 0.486. The molecule has 5 heterocycles. The van der Waals surface area contributed by atoms with Crippen molar-refractivity contribution in [3.05, 3.63) is 71.4 Å². The number of aromatic nitrogens is 4. The van der Waals surface area contributed by atoms with E-state index in [1.165, 1.54) is 6.33 Å². The molecule has 12 heteroatoms. The van der Waals surface area contributed by atoms with Crippen molar-refractivity contribution >= 4 is 23.1 Å². The van der Waals surface area contributed by atoms with Crippen LogP contribution in [-0.2, 0) is 4.74 Å². The number of carbonyl (C=O) groups is 1. The molecule has 2 aromatic carbocycles. The van der Waals surface area contributed by atoms with Crippen LogP contribution in [0.15, 0.2) is 65.7 Å². The number of piperidine rings is 2. The molecule has 7 rings (SSSR count). The van der Waals surface area contributed by atoms with Gasteiger partial charge in [0, 0.05) is 57.4 Å². The van der Waals surface area contributed by atoms with E-state index in [1.807, 2.05) is 84.8 Å². The van der Waals surface area contributed by atoms with E-state index in [1.54, 1.807) is 4.57 Å². The highest BCUT2D eigenvalue weighted by Gasteiger charge is 2.39. The number of anilines is 1. The van der Waals surface area contributed by atoms with Crippen molar-refractivity contribution in [1.29, 1.82) is 0 Å². The molecule has 2 N–H and O–H groups in total. The molecule has 3 aliphatic heterocycles. The second-order valence-electron chi connectivity index (χ2n) is 13.9. The van der Waals surface area contributed by atoms with Crippen LogP contribution in [0.2, 0.25) is 0 Å². The van der Waals surface area contributed by atoms with E-state index >= 15 is 0 Å². The molecule has 4 aromatic rings. The van der Waals surface area contributed by atoms with Gasteiger partial charge in [-0.1, -0.05) is 18.2 Å². The highest BCUT2D eigenvalue weighted by atomic mass is 16.6. The van der Waals surface area contributed by atoms with Crippen LogP contribution in [0.5, 0.6) is 11.5 Å². The maximum absolute atomic E-state index is 14.1. The van der Waals surface area contributed by atoms with Gasteiger partial charge in [-0.05, 0) is 82.9 Å². The number of imidazole rings is 1. The van der Waals surface area contributed by atoms with Crippen molar-refractivity contribution in [3.63, 3.8) is 0 Å². The summed E-state index contributed by atoms with van der Waals surface area (Å²) in [4.78, 5) is 42.3. The van der Waals surface area contributed by atoms with Gasteiger partial charge >= 0.3 is 11.8 Å². The summed E-state index contributed by atoms with van der Waals surface area (Å²) >= 11 is 0. The van der Waals surface area contributed by atoms with E-state index in [0.717, 1.165) is 70.7 Å². The molecule has 3 aliphatic rings. The quantitative estimate of drug-likeness (QED) is 0.320. The topological polar surface area (TPSA) is 124 Å². The number of nitrogens with two attached hydrogens (primary N) is 1. The van der Waals surface area contributed by atoms with Gasteiger partial charge in [0.15, 0.2) is 11.5 Å². The van der Waals surface area contributed by atoms with Crippen LogP contribution in [0.1, 0.15) is 52.5 Å². The van der Waals surface area contributed by atoms with Crippen LogP contribution < -0.4 is 16.2 Å². The van der Waals surface area contributed by atoms with Gasteiger partial charge in [0.05, 0.1) is 5.69 Å². The highest BCUT2D eigenvalue weighted by Crippen LogP contribution is 2.32. The lowest BCUT2D eigenvalue weighted by molar-refractivity contribution is -0.0291. The molecule has 12 nitrogen and oxygen atoms in total. The van der Waals surface area contributed by atoms with Gasteiger partial charge in [0.25, 0.3) is 0 Å². The normalized spacial score (nSPS) is 19.2. The highest BCUT2D eigenvalue weighted by molar-refractivity contribution is 5.84. The number of nitrogen functional groups attached to an aromatic ring is 1. The van der Waals surface area contributed by atoms with Gasteiger partial charge in [-0.15, -0.1) is 0 Å². The average molecular weight is 641 g/mol. The summed E-state index contributed by atoms with van der Waals surface area (Å²) in [6, 6.07) is 18.1. The van der Waals surface area contributed by atoms with Crippen LogP contribution in [0.3, 0.4) is 0 Å².